The molecule has 9 heteroatoms. The minimum Gasteiger partial charge on any atom is -0.369 e. The van der Waals surface area contributed by atoms with Gasteiger partial charge in [-0.25, -0.2) is 10.1 Å². The summed E-state index contributed by atoms with van der Waals surface area (Å²) in [7, 11) is 0. The number of nitrogens with two attached hydrogens (primary N) is 2. The van der Waals surface area contributed by atoms with Crippen LogP contribution >= 0.6 is 11.8 Å². The number of primary amides is 1. The zero-order valence-electron chi connectivity index (χ0n) is 12.5. The molecule has 120 valence electrons. The van der Waals surface area contributed by atoms with Crippen molar-refractivity contribution >= 4 is 35.4 Å². The van der Waals surface area contributed by atoms with Gasteiger partial charge < -0.3 is 11.6 Å². The smallest absolute Gasteiger partial charge is 0.264 e. The van der Waals surface area contributed by atoms with Gasteiger partial charge in [0.25, 0.3) is 5.95 Å². The molecule has 0 spiro atoms. The van der Waals surface area contributed by atoms with Crippen LogP contribution in [0.4, 0.5) is 5.95 Å². The quantitative estimate of drug-likeness (QED) is 0.302. The normalized spacial score (nSPS) is 11.8. The molecule has 2 aromatic rings. The maximum absolute atomic E-state index is 10.8. The molecular formula is C14H17N7OS. The highest BCUT2D eigenvalue weighted by Gasteiger charge is 2.10. The molecule has 0 saturated heterocycles. The van der Waals surface area contributed by atoms with Crippen molar-refractivity contribution in [2.75, 3.05) is 17.0 Å². The number of aromatic nitrogens is 3. The number of anilines is 1. The zero-order chi connectivity index (χ0) is 16.7. The maximum Gasteiger partial charge on any atom is 0.264 e. The molecule has 1 amide bonds. The monoisotopic (exact) mass is 331 g/mol. The summed E-state index contributed by atoms with van der Waals surface area (Å²) in [5.74, 6) is 5.71. The lowest BCUT2D eigenvalue weighted by atomic mass is 10.2. The fourth-order valence-corrected chi connectivity index (χ4v) is 2.14. The molecule has 23 heavy (non-hydrogen) atoms. The molecular weight excluding hydrogens is 314 g/mol. The van der Waals surface area contributed by atoms with Gasteiger partial charge in [-0.2, -0.15) is 5.10 Å². The summed E-state index contributed by atoms with van der Waals surface area (Å²) >= 11 is 1.11. The van der Waals surface area contributed by atoms with E-state index in [2.05, 4.69) is 20.7 Å². The number of rotatable bonds is 7. The molecule has 1 aromatic carbocycles. The van der Waals surface area contributed by atoms with Gasteiger partial charge in [0.1, 0.15) is 0 Å². The lowest BCUT2D eigenvalue weighted by Crippen LogP contribution is -2.16. The Balaban J connectivity index is 1.96. The first-order chi connectivity index (χ1) is 11.1. The molecule has 0 fully saturated rings. The average molecular weight is 331 g/mol. The number of hydrazone groups is 1. The molecule has 0 atom stereocenters. The number of nitrogens with one attached hydrogen (secondary N) is 1. The van der Waals surface area contributed by atoms with Gasteiger partial charge >= 0.3 is 0 Å². The summed E-state index contributed by atoms with van der Waals surface area (Å²) in [4.78, 5) is 10.8. The first kappa shape index (κ1) is 16.6. The Morgan fingerprint density at radius 1 is 1.39 bits per heavy atom. The van der Waals surface area contributed by atoms with Gasteiger partial charge in [-0.15, -0.1) is 10.2 Å². The number of carbonyl (C=O) groups excluding carboxylic acids is 1. The summed E-state index contributed by atoms with van der Waals surface area (Å²) < 4.78 is 1.21. The number of carbonyl (C=O) groups is 1. The first-order valence-electron chi connectivity index (χ1n) is 6.71. The number of thioether (sulfide) groups is 1. The van der Waals surface area contributed by atoms with Crippen LogP contribution in [0.1, 0.15) is 12.5 Å². The Labute approximate surface area is 137 Å². The molecule has 0 unspecified atom stereocenters. The Morgan fingerprint density at radius 2 is 2.13 bits per heavy atom. The molecule has 8 nitrogen and oxygen atoms in total. The molecule has 1 aromatic heterocycles. The second kappa shape index (κ2) is 7.99. The summed E-state index contributed by atoms with van der Waals surface area (Å²) in [5, 5.41) is 12.2. The first-order valence-corrected chi connectivity index (χ1v) is 7.70. The third-order valence-electron chi connectivity index (χ3n) is 2.66. The molecule has 0 saturated carbocycles. The van der Waals surface area contributed by atoms with E-state index in [1.807, 2.05) is 49.4 Å². The summed E-state index contributed by atoms with van der Waals surface area (Å²) in [5.41, 5.74) is 9.62. The van der Waals surface area contributed by atoms with Crippen LogP contribution in [0.15, 0.2) is 46.7 Å². The number of benzene rings is 1. The van der Waals surface area contributed by atoms with Crippen LogP contribution in [0.3, 0.4) is 0 Å². The van der Waals surface area contributed by atoms with Gasteiger partial charge in [-0.05, 0) is 18.6 Å². The second-order valence-electron chi connectivity index (χ2n) is 4.54. The van der Waals surface area contributed by atoms with Crippen molar-refractivity contribution in [3.05, 3.63) is 42.0 Å². The fourth-order valence-electron chi connectivity index (χ4n) is 1.54. The average Bonchev–Trinajstić information content (AvgIpc) is 2.90. The minimum absolute atomic E-state index is 0.0808. The van der Waals surface area contributed by atoms with Crippen molar-refractivity contribution in [2.24, 2.45) is 10.8 Å². The highest BCUT2D eigenvalue weighted by atomic mass is 32.2. The van der Waals surface area contributed by atoms with E-state index in [0.29, 0.717) is 5.16 Å². The van der Waals surface area contributed by atoms with Crippen LogP contribution < -0.4 is 17.0 Å². The van der Waals surface area contributed by atoms with Crippen LogP contribution in [0.2, 0.25) is 0 Å². The van der Waals surface area contributed by atoms with Gasteiger partial charge in [-0.3, -0.25) is 4.79 Å². The summed E-state index contributed by atoms with van der Waals surface area (Å²) in [6.45, 7) is 1.84. The van der Waals surface area contributed by atoms with E-state index in [-0.39, 0.29) is 11.7 Å². The standard InChI is InChI=1S/C14H17N7OS/c1-10(7-8-11-5-3-2-4-6-11)17-18-13-19-20-14(21(13)16)23-9-12(15)22/h2-8H,9,16H2,1H3,(H2,15,22)(H,18,19)/b8-7+,17-10+. The third-order valence-corrected chi connectivity index (χ3v) is 3.62. The maximum atomic E-state index is 10.8. The van der Waals surface area contributed by atoms with Crippen molar-refractivity contribution in [3.8, 4) is 0 Å². The molecule has 0 aliphatic heterocycles. The van der Waals surface area contributed by atoms with Crippen LogP contribution in [0.5, 0.6) is 0 Å². The SMILES string of the molecule is CC(/C=C/c1ccccc1)=N\Nc1nnc(SCC(N)=O)n1N. The topological polar surface area (TPSA) is 124 Å². The summed E-state index contributed by atoms with van der Waals surface area (Å²) in [6, 6.07) is 9.88. The molecule has 0 aliphatic rings. The van der Waals surface area contributed by atoms with E-state index in [4.69, 9.17) is 11.6 Å². The van der Waals surface area contributed by atoms with Crippen molar-refractivity contribution in [3.63, 3.8) is 0 Å². The van der Waals surface area contributed by atoms with E-state index in [1.54, 1.807) is 0 Å². The summed E-state index contributed by atoms with van der Waals surface area (Å²) in [6.07, 6.45) is 3.81. The van der Waals surface area contributed by atoms with E-state index in [0.717, 1.165) is 23.0 Å². The predicted octanol–water partition coefficient (Wildman–Crippen LogP) is 1.07. The van der Waals surface area contributed by atoms with Gasteiger partial charge in [0.15, 0.2) is 0 Å². The Morgan fingerprint density at radius 3 is 2.83 bits per heavy atom. The van der Waals surface area contributed by atoms with Gasteiger partial charge in [0.05, 0.1) is 11.5 Å². The largest absolute Gasteiger partial charge is 0.369 e. The molecule has 0 aliphatic carbocycles. The molecule has 0 radical (unpaired) electrons. The lowest BCUT2D eigenvalue weighted by Gasteiger charge is -2.02. The van der Waals surface area contributed by atoms with E-state index in [9.17, 15) is 4.79 Å². The second-order valence-corrected chi connectivity index (χ2v) is 5.48. The number of hydrogen-bond donors (Lipinski definition) is 3. The van der Waals surface area contributed by atoms with Gasteiger partial charge in [0, 0.05) is 0 Å². The van der Waals surface area contributed by atoms with Crippen molar-refractivity contribution < 1.29 is 4.79 Å². The molecule has 2 rings (SSSR count). The minimum atomic E-state index is -0.451. The number of amides is 1. The van der Waals surface area contributed by atoms with Gasteiger partial charge in [-0.1, -0.05) is 48.2 Å². The van der Waals surface area contributed by atoms with E-state index < -0.39 is 5.91 Å². The number of nitrogen functional groups attached to an aromatic ring is 1. The van der Waals surface area contributed by atoms with Crippen molar-refractivity contribution in [1.29, 1.82) is 0 Å². The van der Waals surface area contributed by atoms with Crippen molar-refractivity contribution in [1.82, 2.24) is 14.9 Å². The Kier molecular flexibility index (Phi) is 5.75. The van der Waals surface area contributed by atoms with Gasteiger partial charge in [0.2, 0.25) is 11.1 Å². The zero-order valence-corrected chi connectivity index (χ0v) is 13.3. The number of nitrogens with zero attached hydrogens (tertiary/aromatic N) is 4. The molecule has 0 bridgehead atoms. The lowest BCUT2D eigenvalue weighted by molar-refractivity contribution is -0.115. The Hall–Kier alpha value is -2.81. The molecule has 1 heterocycles. The third kappa shape index (κ3) is 5.15. The fraction of sp³-hybridized carbons (Fsp3) is 0.143. The van der Waals surface area contributed by atoms with E-state index in [1.165, 1.54) is 4.68 Å². The highest BCUT2D eigenvalue weighted by molar-refractivity contribution is 7.99. The Bertz CT molecular complexity index is 724. The number of hydrogen-bond acceptors (Lipinski definition) is 7. The van der Waals surface area contributed by atoms with Crippen molar-refractivity contribution in [2.45, 2.75) is 12.1 Å². The van der Waals surface area contributed by atoms with Crippen LogP contribution in [-0.4, -0.2) is 32.2 Å². The van der Waals surface area contributed by atoms with Crippen LogP contribution in [0.25, 0.3) is 6.08 Å². The van der Waals surface area contributed by atoms with E-state index >= 15 is 0 Å². The highest BCUT2D eigenvalue weighted by Crippen LogP contribution is 2.15. The van der Waals surface area contributed by atoms with Crippen LogP contribution in [0, 0.1) is 0 Å². The number of allylic oxidation sites excluding steroid dienone is 1. The predicted molar refractivity (Wildman–Crippen MR) is 92.3 cm³/mol. The molecule has 5 N–H and O–H groups in total. The van der Waals surface area contributed by atoms with Crippen LogP contribution in [-0.2, 0) is 4.79 Å².